The number of nitrogens with one attached hydrogen (secondary N) is 1. The number of hydrogen-bond donors (Lipinski definition) is 2. The third-order valence-electron chi connectivity index (χ3n) is 4.13. The Kier molecular flexibility index (Phi) is 7.62. The molecule has 6 heteroatoms. The summed E-state index contributed by atoms with van der Waals surface area (Å²) < 4.78 is 2.06. The van der Waals surface area contributed by atoms with Crippen LogP contribution in [0.3, 0.4) is 0 Å². The van der Waals surface area contributed by atoms with E-state index in [2.05, 4.69) is 83.1 Å². The molecule has 1 heterocycles. The Labute approximate surface area is 184 Å². The predicted molar refractivity (Wildman–Crippen MR) is 127 cm³/mol. The van der Waals surface area contributed by atoms with Crippen molar-refractivity contribution in [3.05, 3.63) is 78.4 Å². The maximum absolute atomic E-state index is 6.01. The predicted octanol–water partition coefficient (Wildman–Crippen LogP) is 4.42. The van der Waals surface area contributed by atoms with Crippen LogP contribution in [0.4, 0.5) is 0 Å². The van der Waals surface area contributed by atoms with Gasteiger partial charge in [0.2, 0.25) is 0 Å². The lowest BCUT2D eigenvalue weighted by atomic mass is 9.98. The van der Waals surface area contributed by atoms with Crippen LogP contribution < -0.4 is 11.1 Å². The van der Waals surface area contributed by atoms with Crippen molar-refractivity contribution in [3.63, 3.8) is 0 Å². The van der Waals surface area contributed by atoms with Gasteiger partial charge in [-0.05, 0) is 43.0 Å². The van der Waals surface area contributed by atoms with Crippen molar-refractivity contribution in [2.24, 2.45) is 10.7 Å². The highest BCUT2D eigenvalue weighted by Gasteiger charge is 2.10. The second-order valence-electron chi connectivity index (χ2n) is 7.67. The molecule has 28 heavy (non-hydrogen) atoms. The molecule has 2 aromatic carbocycles. The number of halogens is 1. The van der Waals surface area contributed by atoms with E-state index in [4.69, 9.17) is 5.73 Å². The van der Waals surface area contributed by atoms with Crippen LogP contribution in [-0.2, 0) is 13.1 Å². The van der Waals surface area contributed by atoms with Gasteiger partial charge in [0, 0.05) is 24.5 Å². The first-order chi connectivity index (χ1) is 12.9. The minimum atomic E-state index is -0.0990. The van der Waals surface area contributed by atoms with Gasteiger partial charge in [0.1, 0.15) is 0 Å². The number of hydrogen-bond acceptors (Lipinski definition) is 2. The Bertz CT molecular complexity index is 893. The van der Waals surface area contributed by atoms with Gasteiger partial charge >= 0.3 is 0 Å². The molecule has 3 rings (SSSR count). The quantitative estimate of drug-likeness (QED) is 0.317. The fourth-order valence-electron chi connectivity index (χ4n) is 2.91. The van der Waals surface area contributed by atoms with Gasteiger partial charge in [-0.3, -0.25) is 0 Å². The van der Waals surface area contributed by atoms with Crippen LogP contribution in [0.5, 0.6) is 0 Å². The molecule has 0 atom stereocenters. The average molecular weight is 489 g/mol. The molecule has 0 spiro atoms. The normalized spacial score (nSPS) is 11.8. The lowest BCUT2D eigenvalue weighted by Gasteiger charge is -2.21. The summed E-state index contributed by atoms with van der Waals surface area (Å²) in [7, 11) is 0. The summed E-state index contributed by atoms with van der Waals surface area (Å²) in [5, 5.41) is 3.20. The maximum Gasteiger partial charge on any atom is 0.189 e. The molecule has 5 nitrogen and oxygen atoms in total. The van der Waals surface area contributed by atoms with Gasteiger partial charge < -0.3 is 15.6 Å². The maximum atomic E-state index is 6.01. The number of nitrogens with zero attached hydrogens (tertiary/aromatic N) is 3. The summed E-state index contributed by atoms with van der Waals surface area (Å²) in [5.74, 6) is 0.466. The number of imidazole rings is 1. The van der Waals surface area contributed by atoms with E-state index in [-0.39, 0.29) is 29.5 Å². The van der Waals surface area contributed by atoms with Crippen LogP contribution >= 0.6 is 24.0 Å². The van der Waals surface area contributed by atoms with E-state index in [0.29, 0.717) is 12.5 Å². The minimum Gasteiger partial charge on any atom is -0.370 e. The van der Waals surface area contributed by atoms with Gasteiger partial charge in [-0.15, -0.1) is 24.0 Å². The highest BCUT2D eigenvalue weighted by atomic mass is 127. The summed E-state index contributed by atoms with van der Waals surface area (Å²) in [4.78, 5) is 8.59. The van der Waals surface area contributed by atoms with Gasteiger partial charge in [0.05, 0.1) is 12.9 Å². The number of rotatable bonds is 5. The average Bonchev–Trinajstić information content (AvgIpc) is 3.13. The molecule has 3 N–H and O–H groups in total. The van der Waals surface area contributed by atoms with Gasteiger partial charge in [0.25, 0.3) is 0 Å². The summed E-state index contributed by atoms with van der Waals surface area (Å²) in [5.41, 5.74) is 10.7. The number of aliphatic imine (C=N–C) groups is 1. The molecule has 0 aliphatic rings. The fourth-order valence-corrected chi connectivity index (χ4v) is 2.91. The Balaban J connectivity index is 0.00000280. The van der Waals surface area contributed by atoms with E-state index in [1.807, 2.05) is 18.6 Å². The molecular weight excluding hydrogens is 461 g/mol. The van der Waals surface area contributed by atoms with Crippen LogP contribution in [0.25, 0.3) is 11.1 Å². The third-order valence-corrected chi connectivity index (χ3v) is 4.13. The largest absolute Gasteiger partial charge is 0.370 e. The monoisotopic (exact) mass is 489 g/mol. The lowest BCUT2D eigenvalue weighted by molar-refractivity contribution is 0.508. The molecule has 3 aromatic rings. The standard InChI is InChI=1S/C22H27N5.HI/c1-22(2,3)26-21(23)25-14-19-6-4-5-7-20(19)18-10-8-17(9-11-18)15-27-13-12-24-16-27;/h4-13,16H,14-15H2,1-3H3,(H3,23,25,26);1H. The third kappa shape index (κ3) is 6.37. The molecule has 0 amide bonds. The highest BCUT2D eigenvalue weighted by Crippen LogP contribution is 2.25. The topological polar surface area (TPSA) is 68.2 Å². The first-order valence-electron chi connectivity index (χ1n) is 9.12. The van der Waals surface area contributed by atoms with Crippen molar-refractivity contribution >= 4 is 29.9 Å². The van der Waals surface area contributed by atoms with E-state index in [1.54, 1.807) is 6.20 Å². The molecule has 0 bridgehead atoms. The van der Waals surface area contributed by atoms with Crippen LogP contribution in [0.15, 0.2) is 72.2 Å². The van der Waals surface area contributed by atoms with Gasteiger partial charge in [-0.25, -0.2) is 9.98 Å². The van der Waals surface area contributed by atoms with Crippen molar-refractivity contribution in [2.45, 2.75) is 39.4 Å². The molecule has 1 aromatic heterocycles. The first-order valence-corrected chi connectivity index (χ1v) is 9.12. The summed E-state index contributed by atoms with van der Waals surface area (Å²) in [6.07, 6.45) is 5.60. The number of benzene rings is 2. The van der Waals surface area contributed by atoms with Crippen molar-refractivity contribution in [3.8, 4) is 11.1 Å². The Morgan fingerprint density at radius 2 is 1.82 bits per heavy atom. The summed E-state index contributed by atoms with van der Waals surface area (Å²) in [6, 6.07) is 17.0. The molecule has 0 aliphatic heterocycles. The molecule has 0 saturated heterocycles. The molecule has 0 radical (unpaired) electrons. The zero-order chi connectivity index (χ0) is 19.3. The minimum absolute atomic E-state index is 0. The Morgan fingerprint density at radius 1 is 1.11 bits per heavy atom. The Morgan fingerprint density at radius 3 is 2.46 bits per heavy atom. The van der Waals surface area contributed by atoms with Crippen LogP contribution in [0.2, 0.25) is 0 Å². The lowest BCUT2D eigenvalue weighted by Crippen LogP contribution is -2.44. The van der Waals surface area contributed by atoms with E-state index in [1.165, 1.54) is 16.7 Å². The molecular formula is C22H28IN5. The van der Waals surface area contributed by atoms with E-state index >= 15 is 0 Å². The number of aromatic nitrogens is 2. The number of guanidine groups is 1. The molecule has 0 aliphatic carbocycles. The molecule has 0 unspecified atom stereocenters. The summed E-state index contributed by atoms with van der Waals surface area (Å²) >= 11 is 0. The second kappa shape index (κ2) is 9.73. The highest BCUT2D eigenvalue weighted by molar-refractivity contribution is 14.0. The molecule has 148 valence electrons. The molecule has 0 fully saturated rings. The SMILES string of the molecule is CC(C)(C)NC(N)=NCc1ccccc1-c1ccc(Cn2ccnc2)cc1.I. The van der Waals surface area contributed by atoms with E-state index in [0.717, 1.165) is 12.1 Å². The van der Waals surface area contributed by atoms with E-state index in [9.17, 15) is 0 Å². The van der Waals surface area contributed by atoms with Crippen LogP contribution in [0.1, 0.15) is 31.9 Å². The zero-order valence-corrected chi connectivity index (χ0v) is 18.9. The van der Waals surface area contributed by atoms with Gasteiger partial charge in [-0.2, -0.15) is 0 Å². The van der Waals surface area contributed by atoms with Crippen molar-refractivity contribution < 1.29 is 0 Å². The second-order valence-corrected chi connectivity index (χ2v) is 7.67. The van der Waals surface area contributed by atoms with Gasteiger partial charge in [-0.1, -0.05) is 48.5 Å². The van der Waals surface area contributed by atoms with Gasteiger partial charge in [0.15, 0.2) is 5.96 Å². The molecule has 0 saturated carbocycles. The van der Waals surface area contributed by atoms with Crippen LogP contribution in [-0.4, -0.2) is 21.0 Å². The van der Waals surface area contributed by atoms with E-state index < -0.39 is 0 Å². The Hall–Kier alpha value is -2.35. The zero-order valence-electron chi connectivity index (χ0n) is 16.6. The summed E-state index contributed by atoms with van der Waals surface area (Å²) in [6.45, 7) is 7.56. The van der Waals surface area contributed by atoms with Crippen LogP contribution in [0, 0.1) is 0 Å². The first kappa shape index (κ1) is 21.9. The van der Waals surface area contributed by atoms with Crippen molar-refractivity contribution in [1.82, 2.24) is 14.9 Å². The van der Waals surface area contributed by atoms with Crippen molar-refractivity contribution in [1.29, 1.82) is 0 Å². The van der Waals surface area contributed by atoms with Crippen molar-refractivity contribution in [2.75, 3.05) is 0 Å². The smallest absolute Gasteiger partial charge is 0.189 e. The fraction of sp³-hybridized carbons (Fsp3) is 0.273. The number of nitrogens with two attached hydrogens (primary N) is 1.